The fourth-order valence-electron chi connectivity index (χ4n) is 1.65. The van der Waals surface area contributed by atoms with Gasteiger partial charge >= 0.3 is 0 Å². The molecule has 1 aromatic carbocycles. The molecule has 0 amide bonds. The zero-order valence-electron chi connectivity index (χ0n) is 10.2. The lowest BCUT2D eigenvalue weighted by atomic mass is 10.1. The van der Waals surface area contributed by atoms with Crippen LogP contribution in [0.2, 0.25) is 0 Å². The summed E-state index contributed by atoms with van der Waals surface area (Å²) in [4.78, 5) is 0. The van der Waals surface area contributed by atoms with E-state index in [0.717, 1.165) is 16.9 Å². The number of hydrogen-bond acceptors (Lipinski definition) is 3. The van der Waals surface area contributed by atoms with Crippen molar-refractivity contribution in [3.8, 4) is 11.3 Å². The summed E-state index contributed by atoms with van der Waals surface area (Å²) in [6.45, 7) is 0.440. The van der Waals surface area contributed by atoms with Crippen LogP contribution in [-0.2, 0) is 7.05 Å². The Hall–Kier alpha value is -1.52. The molecule has 0 radical (unpaired) electrons. The first-order valence-electron chi connectivity index (χ1n) is 5.77. The maximum atomic E-state index is 9.40. The first kappa shape index (κ1) is 12.9. The molecular formula is C13H16ClN3O. The summed E-state index contributed by atoms with van der Waals surface area (Å²) in [7, 11) is 1.89. The largest absolute Gasteiger partial charge is 0.390 e. The molecule has 2 rings (SSSR count). The van der Waals surface area contributed by atoms with E-state index in [0.29, 0.717) is 6.54 Å². The van der Waals surface area contributed by atoms with Gasteiger partial charge in [0.2, 0.25) is 0 Å². The Labute approximate surface area is 111 Å². The number of aliphatic hydroxyl groups is 1. The summed E-state index contributed by atoms with van der Waals surface area (Å²) in [5, 5.41) is 16.9. The van der Waals surface area contributed by atoms with Crippen molar-refractivity contribution in [3.63, 3.8) is 0 Å². The second kappa shape index (κ2) is 5.89. The fraction of sp³-hybridized carbons (Fsp3) is 0.308. The summed E-state index contributed by atoms with van der Waals surface area (Å²) < 4.78 is 1.77. The molecule has 5 heteroatoms. The molecule has 1 atom stereocenters. The zero-order chi connectivity index (χ0) is 13.0. The van der Waals surface area contributed by atoms with Crippen molar-refractivity contribution < 1.29 is 5.11 Å². The predicted molar refractivity (Wildman–Crippen MR) is 73.9 cm³/mol. The third-order valence-electron chi connectivity index (χ3n) is 2.59. The first-order valence-corrected chi connectivity index (χ1v) is 6.30. The molecule has 0 saturated heterocycles. The van der Waals surface area contributed by atoms with Gasteiger partial charge in [-0.2, -0.15) is 5.10 Å². The molecule has 0 fully saturated rings. The highest BCUT2D eigenvalue weighted by atomic mass is 35.5. The van der Waals surface area contributed by atoms with Crippen LogP contribution in [0, 0.1) is 0 Å². The molecule has 2 aromatic rings. The minimum atomic E-state index is -0.537. The number of aryl methyl sites for hydroxylation is 1. The number of nitrogens with zero attached hydrogens (tertiary/aromatic N) is 2. The smallest absolute Gasteiger partial charge is 0.0923 e. The SMILES string of the molecule is Cn1ccc(-c2cccc(NCC(O)CCl)c2)n1. The topological polar surface area (TPSA) is 50.1 Å². The fourth-order valence-corrected chi connectivity index (χ4v) is 1.76. The van der Waals surface area contributed by atoms with Gasteiger partial charge in [0.1, 0.15) is 0 Å². The van der Waals surface area contributed by atoms with Crippen molar-refractivity contribution in [2.75, 3.05) is 17.7 Å². The van der Waals surface area contributed by atoms with Crippen molar-refractivity contribution in [2.45, 2.75) is 6.10 Å². The number of halogens is 1. The highest BCUT2D eigenvalue weighted by molar-refractivity contribution is 6.18. The van der Waals surface area contributed by atoms with Crippen molar-refractivity contribution in [1.29, 1.82) is 0 Å². The Bertz CT molecular complexity index is 512. The number of anilines is 1. The summed E-state index contributed by atoms with van der Waals surface area (Å²) in [6, 6.07) is 9.88. The van der Waals surface area contributed by atoms with Gasteiger partial charge in [0.05, 0.1) is 17.7 Å². The summed E-state index contributed by atoms with van der Waals surface area (Å²) in [5.41, 5.74) is 2.92. The molecule has 1 aromatic heterocycles. The van der Waals surface area contributed by atoms with E-state index in [2.05, 4.69) is 10.4 Å². The number of aromatic nitrogens is 2. The van der Waals surface area contributed by atoms with Crippen LogP contribution in [0.15, 0.2) is 36.5 Å². The number of hydrogen-bond donors (Lipinski definition) is 2. The molecule has 0 saturated carbocycles. The predicted octanol–water partition coefficient (Wildman–Crippen LogP) is 2.10. The summed E-state index contributed by atoms with van der Waals surface area (Å²) in [6.07, 6.45) is 1.37. The van der Waals surface area contributed by atoms with Crippen LogP contribution < -0.4 is 5.32 Å². The third kappa shape index (κ3) is 3.24. The van der Waals surface area contributed by atoms with Gasteiger partial charge in [0.15, 0.2) is 0 Å². The van der Waals surface area contributed by atoms with E-state index >= 15 is 0 Å². The van der Waals surface area contributed by atoms with Gasteiger partial charge in [-0.3, -0.25) is 4.68 Å². The Balaban J connectivity index is 2.10. The van der Waals surface area contributed by atoms with E-state index in [1.165, 1.54) is 0 Å². The van der Waals surface area contributed by atoms with Crippen molar-refractivity contribution in [3.05, 3.63) is 36.5 Å². The van der Waals surface area contributed by atoms with Crippen molar-refractivity contribution in [1.82, 2.24) is 9.78 Å². The highest BCUT2D eigenvalue weighted by Crippen LogP contribution is 2.20. The lowest BCUT2D eigenvalue weighted by molar-refractivity contribution is 0.211. The molecule has 4 nitrogen and oxygen atoms in total. The Morgan fingerprint density at radius 1 is 1.44 bits per heavy atom. The number of benzene rings is 1. The minimum absolute atomic E-state index is 0.229. The quantitative estimate of drug-likeness (QED) is 0.814. The normalized spacial score (nSPS) is 12.4. The number of alkyl halides is 1. The summed E-state index contributed by atoms with van der Waals surface area (Å²) in [5.74, 6) is 0.229. The lowest BCUT2D eigenvalue weighted by Crippen LogP contribution is -2.20. The van der Waals surface area contributed by atoms with Gasteiger partial charge in [0, 0.05) is 31.0 Å². The first-order chi connectivity index (χ1) is 8.69. The third-order valence-corrected chi connectivity index (χ3v) is 2.95. The standard InChI is InChI=1S/C13H16ClN3O/c1-17-6-5-13(16-17)10-3-2-4-11(7-10)15-9-12(18)8-14/h2-7,12,15,18H,8-9H2,1H3. The van der Waals surface area contributed by atoms with Gasteiger partial charge in [-0.05, 0) is 18.2 Å². The van der Waals surface area contributed by atoms with Crippen LogP contribution in [-0.4, -0.2) is 33.4 Å². The Morgan fingerprint density at radius 3 is 2.94 bits per heavy atom. The maximum Gasteiger partial charge on any atom is 0.0923 e. The van der Waals surface area contributed by atoms with E-state index in [-0.39, 0.29) is 5.88 Å². The molecular weight excluding hydrogens is 250 g/mol. The van der Waals surface area contributed by atoms with Crippen LogP contribution in [0.3, 0.4) is 0 Å². The van der Waals surface area contributed by atoms with Crippen LogP contribution in [0.5, 0.6) is 0 Å². The van der Waals surface area contributed by atoms with E-state index in [4.69, 9.17) is 11.6 Å². The van der Waals surface area contributed by atoms with Gasteiger partial charge in [-0.25, -0.2) is 0 Å². The van der Waals surface area contributed by atoms with Crippen LogP contribution in [0.4, 0.5) is 5.69 Å². The molecule has 2 N–H and O–H groups in total. The molecule has 1 heterocycles. The molecule has 0 spiro atoms. The van der Waals surface area contributed by atoms with E-state index in [9.17, 15) is 5.11 Å². The van der Waals surface area contributed by atoms with E-state index < -0.39 is 6.10 Å². The maximum absolute atomic E-state index is 9.40. The molecule has 0 aliphatic heterocycles. The Kier molecular flexibility index (Phi) is 4.23. The number of rotatable bonds is 5. The van der Waals surface area contributed by atoms with Gasteiger partial charge < -0.3 is 10.4 Å². The Morgan fingerprint density at radius 2 is 2.28 bits per heavy atom. The molecule has 0 aliphatic rings. The molecule has 0 aliphatic carbocycles. The average Bonchev–Trinajstić information content (AvgIpc) is 2.83. The molecule has 1 unspecified atom stereocenters. The van der Waals surface area contributed by atoms with Gasteiger partial charge in [-0.15, -0.1) is 11.6 Å². The van der Waals surface area contributed by atoms with E-state index in [1.807, 2.05) is 43.6 Å². The highest BCUT2D eigenvalue weighted by Gasteiger charge is 2.04. The van der Waals surface area contributed by atoms with Crippen molar-refractivity contribution in [2.24, 2.45) is 7.05 Å². The number of nitrogens with one attached hydrogen (secondary N) is 1. The second-order valence-corrected chi connectivity index (χ2v) is 4.45. The number of aliphatic hydroxyl groups excluding tert-OH is 1. The minimum Gasteiger partial charge on any atom is -0.390 e. The second-order valence-electron chi connectivity index (χ2n) is 4.14. The lowest BCUT2D eigenvalue weighted by Gasteiger charge is -2.10. The van der Waals surface area contributed by atoms with Gasteiger partial charge in [0.25, 0.3) is 0 Å². The van der Waals surface area contributed by atoms with Crippen LogP contribution in [0.1, 0.15) is 0 Å². The van der Waals surface area contributed by atoms with Crippen LogP contribution in [0.25, 0.3) is 11.3 Å². The average molecular weight is 266 g/mol. The molecule has 18 heavy (non-hydrogen) atoms. The molecule has 96 valence electrons. The zero-order valence-corrected chi connectivity index (χ0v) is 10.9. The summed E-state index contributed by atoms with van der Waals surface area (Å²) >= 11 is 5.55. The van der Waals surface area contributed by atoms with Crippen molar-refractivity contribution >= 4 is 17.3 Å². The molecule has 0 bridgehead atoms. The van der Waals surface area contributed by atoms with Gasteiger partial charge in [-0.1, -0.05) is 12.1 Å². The monoisotopic (exact) mass is 265 g/mol. The van der Waals surface area contributed by atoms with Crippen LogP contribution >= 0.6 is 11.6 Å². The van der Waals surface area contributed by atoms with E-state index in [1.54, 1.807) is 4.68 Å².